The van der Waals surface area contributed by atoms with Crippen molar-refractivity contribution in [2.75, 3.05) is 20.1 Å². The Morgan fingerprint density at radius 3 is 2.76 bits per heavy atom. The molecule has 2 aromatic heterocycles. The Morgan fingerprint density at radius 2 is 2.04 bits per heavy atom. The van der Waals surface area contributed by atoms with Gasteiger partial charge in [0, 0.05) is 18.5 Å². The third kappa shape index (κ3) is 3.74. The van der Waals surface area contributed by atoms with Crippen molar-refractivity contribution in [3.8, 4) is 0 Å². The normalized spacial score (nSPS) is 23.3. The van der Waals surface area contributed by atoms with Crippen LogP contribution in [0.25, 0.3) is 0 Å². The number of aryl methyl sites for hydroxylation is 1. The van der Waals surface area contributed by atoms with Crippen LogP contribution in [-0.2, 0) is 6.54 Å². The number of hydrogen-bond donors (Lipinski definition) is 0. The van der Waals surface area contributed by atoms with E-state index in [0.717, 1.165) is 37.8 Å². The van der Waals surface area contributed by atoms with Crippen molar-refractivity contribution in [1.29, 1.82) is 0 Å². The molecule has 1 saturated heterocycles. The SMILES string of the molecule is Cc1noc(C(C)N(C)C2CCCN(Cc3noc(C4CC4)n3)C2)n1. The fourth-order valence-corrected chi connectivity index (χ4v) is 3.51. The van der Waals surface area contributed by atoms with Crippen LogP contribution in [0.15, 0.2) is 9.05 Å². The molecule has 0 N–H and O–H groups in total. The van der Waals surface area contributed by atoms with E-state index in [1.165, 1.54) is 19.3 Å². The Balaban J connectivity index is 1.36. The summed E-state index contributed by atoms with van der Waals surface area (Å²) >= 11 is 0. The van der Waals surface area contributed by atoms with E-state index in [9.17, 15) is 0 Å². The minimum Gasteiger partial charge on any atom is -0.339 e. The fraction of sp³-hybridized carbons (Fsp3) is 0.765. The molecule has 25 heavy (non-hydrogen) atoms. The molecular formula is C17H26N6O2. The van der Waals surface area contributed by atoms with Gasteiger partial charge in [0.1, 0.15) is 0 Å². The molecule has 1 aliphatic carbocycles. The summed E-state index contributed by atoms with van der Waals surface area (Å²) in [5.41, 5.74) is 0. The summed E-state index contributed by atoms with van der Waals surface area (Å²) in [5, 5.41) is 8.06. The Kier molecular flexibility index (Phi) is 4.56. The van der Waals surface area contributed by atoms with E-state index < -0.39 is 0 Å². The van der Waals surface area contributed by atoms with E-state index in [4.69, 9.17) is 9.05 Å². The lowest BCUT2D eigenvalue weighted by Crippen LogP contribution is -2.47. The predicted octanol–water partition coefficient (Wildman–Crippen LogP) is 2.30. The Morgan fingerprint density at radius 1 is 1.20 bits per heavy atom. The molecule has 0 spiro atoms. The van der Waals surface area contributed by atoms with E-state index in [1.807, 2.05) is 6.92 Å². The molecule has 0 radical (unpaired) electrons. The van der Waals surface area contributed by atoms with Gasteiger partial charge in [-0.3, -0.25) is 9.80 Å². The van der Waals surface area contributed by atoms with Gasteiger partial charge in [-0.15, -0.1) is 0 Å². The van der Waals surface area contributed by atoms with Gasteiger partial charge < -0.3 is 9.05 Å². The molecule has 8 heteroatoms. The van der Waals surface area contributed by atoms with Gasteiger partial charge >= 0.3 is 0 Å². The molecule has 2 atom stereocenters. The van der Waals surface area contributed by atoms with Crippen LogP contribution in [0.1, 0.15) is 68.0 Å². The van der Waals surface area contributed by atoms with Gasteiger partial charge in [0.15, 0.2) is 11.6 Å². The average molecular weight is 346 g/mol. The molecule has 2 unspecified atom stereocenters. The van der Waals surface area contributed by atoms with Crippen molar-refractivity contribution in [3.05, 3.63) is 23.4 Å². The van der Waals surface area contributed by atoms with Crippen LogP contribution in [-0.4, -0.2) is 56.3 Å². The Labute approximate surface area is 147 Å². The summed E-state index contributed by atoms with van der Waals surface area (Å²) in [4.78, 5) is 13.7. The van der Waals surface area contributed by atoms with Crippen LogP contribution in [0.4, 0.5) is 0 Å². The first-order valence-electron chi connectivity index (χ1n) is 9.17. The van der Waals surface area contributed by atoms with E-state index >= 15 is 0 Å². The first kappa shape index (κ1) is 16.7. The molecule has 4 rings (SSSR count). The summed E-state index contributed by atoms with van der Waals surface area (Å²) in [6.07, 6.45) is 4.71. The molecule has 0 amide bonds. The van der Waals surface area contributed by atoms with Gasteiger partial charge in [0.05, 0.1) is 12.6 Å². The van der Waals surface area contributed by atoms with Crippen molar-refractivity contribution in [2.45, 2.75) is 64.1 Å². The number of nitrogens with zero attached hydrogens (tertiary/aromatic N) is 6. The lowest BCUT2D eigenvalue weighted by Gasteiger charge is -2.38. The highest BCUT2D eigenvalue weighted by Gasteiger charge is 2.31. The molecule has 2 aliphatic rings. The first-order valence-corrected chi connectivity index (χ1v) is 9.17. The van der Waals surface area contributed by atoms with Crippen LogP contribution in [0, 0.1) is 6.92 Å². The van der Waals surface area contributed by atoms with E-state index in [-0.39, 0.29) is 6.04 Å². The van der Waals surface area contributed by atoms with Crippen LogP contribution in [0.2, 0.25) is 0 Å². The largest absolute Gasteiger partial charge is 0.339 e. The highest BCUT2D eigenvalue weighted by Crippen LogP contribution is 2.38. The van der Waals surface area contributed by atoms with Crippen molar-refractivity contribution >= 4 is 0 Å². The quantitative estimate of drug-likeness (QED) is 0.788. The fourth-order valence-electron chi connectivity index (χ4n) is 3.51. The summed E-state index contributed by atoms with van der Waals surface area (Å²) < 4.78 is 10.7. The van der Waals surface area contributed by atoms with Crippen molar-refractivity contribution in [1.82, 2.24) is 30.1 Å². The minimum absolute atomic E-state index is 0.109. The van der Waals surface area contributed by atoms with Gasteiger partial charge in [0.2, 0.25) is 11.8 Å². The first-order chi connectivity index (χ1) is 12.1. The third-order valence-electron chi connectivity index (χ3n) is 5.34. The zero-order valence-corrected chi connectivity index (χ0v) is 15.2. The number of likely N-dealkylation sites (N-methyl/N-ethyl adjacent to an activating group) is 1. The van der Waals surface area contributed by atoms with E-state index in [2.05, 4.69) is 44.1 Å². The number of piperidine rings is 1. The second-order valence-electron chi connectivity index (χ2n) is 7.38. The van der Waals surface area contributed by atoms with Gasteiger partial charge in [-0.05, 0) is 53.1 Å². The summed E-state index contributed by atoms with van der Waals surface area (Å²) in [7, 11) is 2.14. The van der Waals surface area contributed by atoms with E-state index in [0.29, 0.717) is 23.7 Å². The molecule has 2 aromatic rings. The lowest BCUT2D eigenvalue weighted by molar-refractivity contribution is 0.0744. The molecule has 0 aromatic carbocycles. The number of likely N-dealkylation sites (tertiary alicyclic amines) is 1. The highest BCUT2D eigenvalue weighted by atomic mass is 16.5. The zero-order chi connectivity index (χ0) is 17.4. The summed E-state index contributed by atoms with van der Waals surface area (Å²) in [5.74, 6) is 3.51. The lowest BCUT2D eigenvalue weighted by atomic mass is 10.0. The maximum Gasteiger partial charge on any atom is 0.243 e. The van der Waals surface area contributed by atoms with Crippen LogP contribution < -0.4 is 0 Å². The summed E-state index contributed by atoms with van der Waals surface area (Å²) in [6.45, 7) is 6.79. The third-order valence-corrected chi connectivity index (χ3v) is 5.34. The molecule has 0 bridgehead atoms. The van der Waals surface area contributed by atoms with Crippen LogP contribution >= 0.6 is 0 Å². The summed E-state index contributed by atoms with van der Waals surface area (Å²) in [6, 6.07) is 0.559. The zero-order valence-electron chi connectivity index (χ0n) is 15.2. The average Bonchev–Trinajstić information content (AvgIpc) is 3.22. The molecule has 1 saturated carbocycles. The number of hydrogen-bond acceptors (Lipinski definition) is 8. The number of rotatable bonds is 6. The molecule has 3 heterocycles. The number of aromatic nitrogens is 4. The van der Waals surface area contributed by atoms with Gasteiger partial charge in [0.25, 0.3) is 0 Å². The molecule has 136 valence electrons. The highest BCUT2D eigenvalue weighted by molar-refractivity contribution is 5.02. The predicted molar refractivity (Wildman–Crippen MR) is 89.8 cm³/mol. The topological polar surface area (TPSA) is 84.3 Å². The monoisotopic (exact) mass is 346 g/mol. The van der Waals surface area contributed by atoms with Crippen molar-refractivity contribution in [2.24, 2.45) is 0 Å². The Bertz CT molecular complexity index is 710. The van der Waals surface area contributed by atoms with Gasteiger partial charge in [-0.25, -0.2) is 0 Å². The molecule has 2 fully saturated rings. The minimum atomic E-state index is 0.109. The molecular weight excluding hydrogens is 320 g/mol. The maximum atomic E-state index is 5.38. The molecule has 8 nitrogen and oxygen atoms in total. The second kappa shape index (κ2) is 6.84. The van der Waals surface area contributed by atoms with Gasteiger partial charge in [-0.2, -0.15) is 9.97 Å². The van der Waals surface area contributed by atoms with E-state index in [1.54, 1.807) is 0 Å². The maximum absolute atomic E-state index is 5.38. The molecule has 1 aliphatic heterocycles. The van der Waals surface area contributed by atoms with Crippen molar-refractivity contribution < 1.29 is 9.05 Å². The smallest absolute Gasteiger partial charge is 0.243 e. The van der Waals surface area contributed by atoms with Gasteiger partial charge in [-0.1, -0.05) is 10.3 Å². The standard InChI is InChI=1S/C17H26N6O2/c1-11(16-18-12(2)20-24-16)22(3)14-5-4-8-23(9-14)10-15-19-17(25-21-15)13-6-7-13/h11,13-14H,4-10H2,1-3H3. The van der Waals surface area contributed by atoms with Crippen LogP contribution in [0.3, 0.4) is 0 Å². The second-order valence-corrected chi connectivity index (χ2v) is 7.38. The Hall–Kier alpha value is -1.80. The van der Waals surface area contributed by atoms with Crippen molar-refractivity contribution in [3.63, 3.8) is 0 Å². The van der Waals surface area contributed by atoms with Crippen LogP contribution in [0.5, 0.6) is 0 Å².